The summed E-state index contributed by atoms with van der Waals surface area (Å²) in [5.41, 5.74) is -0.861. The summed E-state index contributed by atoms with van der Waals surface area (Å²) in [5, 5.41) is 13.2. The molecule has 121 heavy (non-hydrogen) atoms. The second-order valence-corrected chi connectivity index (χ2v) is 30.5. The molecule has 8 aromatic heterocycles. The van der Waals surface area contributed by atoms with Gasteiger partial charge in [0.2, 0.25) is 22.4 Å². The molecular weight excluding hydrogens is 1680 g/mol. The summed E-state index contributed by atoms with van der Waals surface area (Å²) in [6.07, 6.45) is 8.23. The first-order valence-electron chi connectivity index (χ1n) is 38.1. The van der Waals surface area contributed by atoms with Crippen LogP contribution >= 0.6 is 34.5 Å². The number of fused-ring (bicyclic) bond motifs is 5. The number of hydrogen-bond donors (Lipinski definition) is 0. The average Bonchev–Trinajstić information content (AvgIpc) is 1.41. The Hall–Kier alpha value is -11.1. The van der Waals surface area contributed by atoms with E-state index in [9.17, 15) is 102 Å². The van der Waals surface area contributed by atoms with Crippen LogP contribution in [0.4, 0.5) is 39.9 Å². The van der Waals surface area contributed by atoms with Crippen molar-refractivity contribution >= 4 is 58.3 Å². The Kier molecular flexibility index (Phi) is 33.2. The van der Waals surface area contributed by atoms with Gasteiger partial charge in [-0.05, 0) is 135 Å². The first kappa shape index (κ1) is 97.0. The van der Waals surface area contributed by atoms with Crippen LogP contribution in [0.3, 0.4) is 0 Å². The molecule has 49 heteroatoms. The van der Waals surface area contributed by atoms with Crippen LogP contribution in [-0.4, -0.2) is 168 Å². The molecule has 666 valence electrons. The van der Waals surface area contributed by atoms with E-state index in [-0.39, 0.29) is 85.0 Å². The van der Waals surface area contributed by atoms with Crippen LogP contribution in [0.1, 0.15) is 137 Å². The van der Waals surface area contributed by atoms with Crippen molar-refractivity contribution in [2.24, 2.45) is 68.4 Å². The number of ether oxygens (including phenoxy) is 1. The van der Waals surface area contributed by atoms with Crippen molar-refractivity contribution < 1.29 is 59.0 Å². The Morgan fingerprint density at radius 2 is 1.01 bits per heavy atom. The lowest BCUT2D eigenvalue weighted by atomic mass is 9.93. The monoisotopic (exact) mass is 1780 g/mol. The van der Waals surface area contributed by atoms with E-state index in [1.165, 1.54) is 87.3 Å². The molecule has 0 saturated carbocycles. The highest BCUT2D eigenvalue weighted by Crippen LogP contribution is 2.33. The van der Waals surface area contributed by atoms with Crippen LogP contribution in [-0.2, 0) is 155 Å². The fraction of sp³-hybridized carbons (Fsp3) is 0.597. The molecule has 0 aromatic carbocycles. The molecule has 0 unspecified atom stereocenters. The van der Waals surface area contributed by atoms with E-state index in [1.807, 2.05) is 25.6 Å². The number of hydrogen-bond acceptors (Lipinski definition) is 21. The highest BCUT2D eigenvalue weighted by atomic mass is 35.5. The third kappa shape index (κ3) is 23.1. The molecule has 5 amide bonds. The number of amides is 5. The standard InChI is InChI=1S/C9H11NO2.C8H11ClN2.C8H10N2O2.C7H7F3N2O2.C7H11N3O2.C7H11N3OS.C7H11N3O.C7H12N2O2.C6H7ClF2N2O.C6H6F3N3O2/c1-10-8(11)6-4-2-3-5-7(6)9(10)12;1-11-8(9)6-4-2-3-5-7(6)10-11;1-9-7(11)5-6-3-2-4-10(6)8(9)12;1-11-4(7(8,9)10)3-5(13)12(2)6(11)14;1-8-6(11)9-4-2-3-5-10(9)7(8)12;1-8-6-9-4-2-3-5-10(9)7(11)12-6;1-9-7(11)10-5-3-2-4-6(10)8-9;1-5(2)9-4-6(10)8(3)7(9)11;1-3-4(7)5(11(2)10-3)12-6(8)9;1-11-3(6(7,8)9)10-4(13)12(2)5(11)14/h2-5H2,1H3;2-5H2,1H3;5H,2-4H2,1H3;3H,1-2H3;2*2-5H2,1H3;2-5H2,1H3;5H,4H2,1-3H3;6H,1-2H3;1-2H3. The number of aryl methyl sites for hydroxylation is 7. The summed E-state index contributed by atoms with van der Waals surface area (Å²) in [7, 11) is 16.9. The lowest BCUT2D eigenvalue weighted by Gasteiger charge is -2.18. The SMILES string of the molecule is CC(C)N1CC(=O)N(C)C1=O.CN1C(=O)C2=C(CCCC2)C1=O.CN=c1sc(=O)n2n1CCCC2.Cc1nn(C)c(OC(F)F)c1Cl.Cn1c(=O)cc2n(c1=O)CCC2.Cn1c(=O)n2n(c1=O)CCCC2.Cn1c(C(F)(F)F)cc(=O)n(C)c1=O.Cn1c(C(F)(F)F)nc(=O)n(C)c1=O.Cn1nc2c(c1Cl)CCCC2.Cn1nc2n(c1=O)CCCC2. The van der Waals surface area contributed by atoms with Crippen molar-refractivity contribution in [2.45, 2.75) is 194 Å². The number of rotatable bonds is 3. The average molecular weight is 1780 g/mol. The summed E-state index contributed by atoms with van der Waals surface area (Å²) in [5.74, 6) is -0.924. The minimum atomic E-state index is -4.80. The van der Waals surface area contributed by atoms with Gasteiger partial charge in [-0.1, -0.05) is 23.2 Å². The van der Waals surface area contributed by atoms with Gasteiger partial charge in [-0.3, -0.25) is 80.3 Å². The number of imide groups is 2. The molecule has 1 saturated heterocycles. The molecule has 0 atom stereocenters. The number of urea groups is 1. The Balaban J connectivity index is 0.000000185. The summed E-state index contributed by atoms with van der Waals surface area (Å²) in [6.45, 7) is 7.49. The predicted octanol–water partition coefficient (Wildman–Crippen LogP) is 3.27. The summed E-state index contributed by atoms with van der Waals surface area (Å²) in [4.78, 5) is 168. The van der Waals surface area contributed by atoms with Crippen LogP contribution in [0.25, 0.3) is 0 Å². The molecule has 8 aliphatic rings. The molecule has 38 nitrogen and oxygen atoms in total. The zero-order valence-electron chi connectivity index (χ0n) is 69.4. The van der Waals surface area contributed by atoms with Crippen LogP contribution < -0.4 is 65.4 Å². The Bertz CT molecular complexity index is 5750. The topological polar surface area (TPSA) is 396 Å². The second kappa shape index (κ2) is 41.4. The summed E-state index contributed by atoms with van der Waals surface area (Å²) < 4.78 is 120. The van der Waals surface area contributed by atoms with E-state index in [2.05, 4.69) is 30.0 Å². The first-order valence-corrected chi connectivity index (χ1v) is 39.7. The quantitative estimate of drug-likeness (QED) is 0.139. The van der Waals surface area contributed by atoms with Gasteiger partial charge in [0.15, 0.2) is 0 Å². The number of likely N-dealkylation sites (N-methyl/N-ethyl adjacent to an activating group) is 2. The minimum Gasteiger partial charge on any atom is -0.416 e. The van der Waals surface area contributed by atoms with Crippen molar-refractivity contribution in [3.63, 3.8) is 0 Å². The van der Waals surface area contributed by atoms with E-state index >= 15 is 0 Å². The van der Waals surface area contributed by atoms with E-state index < -0.39 is 53.1 Å². The van der Waals surface area contributed by atoms with E-state index in [1.54, 1.807) is 57.5 Å². The van der Waals surface area contributed by atoms with Gasteiger partial charge in [-0.25, -0.2) is 70.9 Å². The highest BCUT2D eigenvalue weighted by molar-refractivity contribution is 7.06. The maximum absolute atomic E-state index is 12.2. The molecule has 2 aliphatic carbocycles. The molecule has 6 aliphatic heterocycles. The molecule has 16 rings (SSSR count). The number of aromatic nitrogens is 19. The molecule has 0 spiro atoms. The normalized spacial score (nSPS) is 15.7. The number of carbonyl (C=O) groups is 4. The van der Waals surface area contributed by atoms with Gasteiger partial charge in [-0.15, -0.1) is 0 Å². The molecular formula is C72H97Cl2F8N23O15S. The molecule has 14 heterocycles. The lowest BCUT2D eigenvalue weighted by molar-refractivity contribution is -0.148. The van der Waals surface area contributed by atoms with Crippen LogP contribution in [0.5, 0.6) is 5.88 Å². The maximum Gasteiger partial charge on any atom is 0.450 e. The van der Waals surface area contributed by atoms with Crippen LogP contribution in [0.2, 0.25) is 10.2 Å². The third-order valence-corrected chi connectivity index (χ3v) is 22.1. The zero-order valence-corrected chi connectivity index (χ0v) is 71.7. The Morgan fingerprint density at radius 3 is 1.50 bits per heavy atom. The largest absolute Gasteiger partial charge is 0.450 e. The van der Waals surface area contributed by atoms with Crippen molar-refractivity contribution in [3.8, 4) is 5.88 Å². The smallest absolute Gasteiger partial charge is 0.416 e. The molecule has 1 fully saturated rings. The van der Waals surface area contributed by atoms with E-state index in [4.69, 9.17) is 23.2 Å². The van der Waals surface area contributed by atoms with E-state index in [0.29, 0.717) is 38.6 Å². The van der Waals surface area contributed by atoms with Gasteiger partial charge in [0.25, 0.3) is 22.9 Å². The predicted molar refractivity (Wildman–Crippen MR) is 425 cm³/mol. The molecule has 8 aromatic rings. The Labute approximate surface area is 696 Å². The van der Waals surface area contributed by atoms with Gasteiger partial charge in [0.1, 0.15) is 28.2 Å². The summed E-state index contributed by atoms with van der Waals surface area (Å²) in [6, 6.07) is 1.86. The minimum absolute atomic E-state index is 0.0275. The van der Waals surface area contributed by atoms with Crippen molar-refractivity contribution in [2.75, 3.05) is 27.7 Å². The number of alkyl halides is 8. The van der Waals surface area contributed by atoms with Gasteiger partial charge in [0.05, 0.1) is 11.4 Å². The first-order chi connectivity index (χ1) is 56.6. The van der Waals surface area contributed by atoms with Crippen molar-refractivity contribution in [1.29, 1.82) is 0 Å². The number of carbonyl (C=O) groups excluding carboxylic acids is 4. The second-order valence-electron chi connectivity index (χ2n) is 28.8. The van der Waals surface area contributed by atoms with Crippen molar-refractivity contribution in [3.05, 3.63) is 182 Å². The fourth-order valence-corrected chi connectivity index (χ4v) is 14.7. The highest BCUT2D eigenvalue weighted by Gasteiger charge is 2.39. The van der Waals surface area contributed by atoms with Gasteiger partial charge < -0.3 is 9.64 Å². The number of halogens is 10. The molecule has 0 radical (unpaired) electrons. The lowest BCUT2D eigenvalue weighted by Crippen LogP contribution is -2.42. The Morgan fingerprint density at radius 1 is 0.496 bits per heavy atom. The van der Waals surface area contributed by atoms with Gasteiger partial charge >= 0.3 is 69.7 Å². The van der Waals surface area contributed by atoms with Crippen LogP contribution in [0.15, 0.2) is 76.2 Å². The number of nitrogens with zero attached hydrogens (tertiary/aromatic N) is 23. The van der Waals surface area contributed by atoms with Gasteiger partial charge in [-0.2, -0.15) is 55.4 Å². The van der Waals surface area contributed by atoms with Gasteiger partial charge in [0, 0.05) is 171 Å². The molecule has 0 bridgehead atoms. The summed E-state index contributed by atoms with van der Waals surface area (Å²) >= 11 is 12.9. The maximum atomic E-state index is 12.2. The van der Waals surface area contributed by atoms with Crippen molar-refractivity contribution in [1.82, 2.24) is 104 Å². The third-order valence-electron chi connectivity index (χ3n) is 20.2. The molecule has 0 N–H and O–H groups in total. The van der Waals surface area contributed by atoms with Crippen LogP contribution in [0, 0.1) is 6.92 Å². The zero-order chi connectivity index (χ0) is 90.5. The fourth-order valence-electron chi connectivity index (χ4n) is 13.4. The van der Waals surface area contributed by atoms with E-state index in [0.717, 1.165) is 197 Å².